The van der Waals surface area contributed by atoms with Crippen molar-refractivity contribution in [1.82, 2.24) is 0 Å². The van der Waals surface area contributed by atoms with Gasteiger partial charge in [-0.2, -0.15) is 0 Å². The summed E-state index contributed by atoms with van der Waals surface area (Å²) in [6, 6.07) is 0. The fourth-order valence-electron chi connectivity index (χ4n) is 1.17. The van der Waals surface area contributed by atoms with E-state index in [0.717, 1.165) is 0 Å². The van der Waals surface area contributed by atoms with Crippen LogP contribution < -0.4 is 0 Å². The standard InChI is InChI=1S/C10H22O5/c1-7(12)6-15-8(2)10(14)9(13)4-3-5-11/h7-14H,3-6H2,1-2H3. The van der Waals surface area contributed by atoms with E-state index in [1.165, 1.54) is 0 Å². The van der Waals surface area contributed by atoms with E-state index in [0.29, 0.717) is 12.8 Å². The van der Waals surface area contributed by atoms with Crippen molar-refractivity contribution in [3.63, 3.8) is 0 Å². The summed E-state index contributed by atoms with van der Waals surface area (Å²) in [4.78, 5) is 0. The quantitative estimate of drug-likeness (QED) is 0.434. The van der Waals surface area contributed by atoms with Crippen LogP contribution in [0.3, 0.4) is 0 Å². The van der Waals surface area contributed by atoms with Gasteiger partial charge in [-0.1, -0.05) is 0 Å². The molecule has 92 valence electrons. The lowest BCUT2D eigenvalue weighted by Crippen LogP contribution is -2.38. The molecule has 0 aliphatic heterocycles. The lowest BCUT2D eigenvalue weighted by molar-refractivity contribution is -0.0982. The van der Waals surface area contributed by atoms with Crippen molar-refractivity contribution in [2.75, 3.05) is 13.2 Å². The molecule has 0 aliphatic rings. The van der Waals surface area contributed by atoms with Gasteiger partial charge in [0.15, 0.2) is 0 Å². The molecule has 5 nitrogen and oxygen atoms in total. The Morgan fingerprint density at radius 1 is 1.13 bits per heavy atom. The van der Waals surface area contributed by atoms with Crippen LogP contribution >= 0.6 is 0 Å². The fraction of sp³-hybridized carbons (Fsp3) is 1.00. The van der Waals surface area contributed by atoms with Crippen LogP contribution in [0.5, 0.6) is 0 Å². The van der Waals surface area contributed by atoms with Gasteiger partial charge in [-0.15, -0.1) is 0 Å². The van der Waals surface area contributed by atoms with Crippen LogP contribution in [0.4, 0.5) is 0 Å². The van der Waals surface area contributed by atoms with Gasteiger partial charge in [0, 0.05) is 6.61 Å². The minimum Gasteiger partial charge on any atom is -0.396 e. The molecule has 0 amide bonds. The van der Waals surface area contributed by atoms with Crippen LogP contribution in [0, 0.1) is 0 Å². The van der Waals surface area contributed by atoms with Crippen molar-refractivity contribution in [3.8, 4) is 0 Å². The molecule has 0 fully saturated rings. The van der Waals surface area contributed by atoms with Gasteiger partial charge in [-0.05, 0) is 26.7 Å². The number of rotatable bonds is 8. The van der Waals surface area contributed by atoms with Crippen molar-refractivity contribution >= 4 is 0 Å². The summed E-state index contributed by atoms with van der Waals surface area (Å²) >= 11 is 0. The van der Waals surface area contributed by atoms with Gasteiger partial charge in [-0.25, -0.2) is 0 Å². The Labute approximate surface area is 90.3 Å². The summed E-state index contributed by atoms with van der Waals surface area (Å²) < 4.78 is 5.14. The average Bonchev–Trinajstić information content (AvgIpc) is 2.21. The van der Waals surface area contributed by atoms with E-state index in [9.17, 15) is 10.2 Å². The first-order valence-electron chi connectivity index (χ1n) is 5.25. The highest BCUT2D eigenvalue weighted by molar-refractivity contribution is 4.73. The van der Waals surface area contributed by atoms with Gasteiger partial charge >= 0.3 is 0 Å². The summed E-state index contributed by atoms with van der Waals surface area (Å²) in [6.07, 6.45) is -2.24. The molecule has 0 rings (SSSR count). The van der Waals surface area contributed by atoms with Crippen LogP contribution in [-0.4, -0.2) is 58.1 Å². The van der Waals surface area contributed by atoms with Crippen LogP contribution in [0.25, 0.3) is 0 Å². The van der Waals surface area contributed by atoms with Crippen molar-refractivity contribution in [2.24, 2.45) is 0 Å². The first kappa shape index (κ1) is 14.8. The molecule has 4 N–H and O–H groups in total. The molecule has 0 saturated heterocycles. The summed E-state index contributed by atoms with van der Waals surface area (Å²) in [5.74, 6) is 0. The van der Waals surface area contributed by atoms with Gasteiger partial charge in [0.1, 0.15) is 6.10 Å². The number of aliphatic hydroxyl groups is 4. The maximum Gasteiger partial charge on any atom is 0.106 e. The topological polar surface area (TPSA) is 90.2 Å². The minimum atomic E-state index is -0.990. The number of hydrogen-bond acceptors (Lipinski definition) is 5. The molecule has 0 aromatic heterocycles. The maximum atomic E-state index is 9.59. The Kier molecular flexibility index (Phi) is 7.90. The lowest BCUT2D eigenvalue weighted by Gasteiger charge is -2.24. The Morgan fingerprint density at radius 2 is 1.73 bits per heavy atom. The summed E-state index contributed by atoms with van der Waals surface area (Å²) in [6.45, 7) is 3.34. The van der Waals surface area contributed by atoms with Gasteiger partial charge < -0.3 is 25.2 Å². The minimum absolute atomic E-state index is 0.00725. The largest absolute Gasteiger partial charge is 0.396 e. The smallest absolute Gasteiger partial charge is 0.106 e. The molecule has 0 aliphatic carbocycles. The molecule has 0 bridgehead atoms. The molecule has 4 unspecified atom stereocenters. The second-order valence-electron chi connectivity index (χ2n) is 3.81. The van der Waals surface area contributed by atoms with Crippen molar-refractivity contribution in [3.05, 3.63) is 0 Å². The number of hydrogen-bond donors (Lipinski definition) is 4. The molecular formula is C10H22O5. The van der Waals surface area contributed by atoms with Crippen LogP contribution in [-0.2, 0) is 4.74 Å². The number of ether oxygens (including phenoxy) is 1. The van der Waals surface area contributed by atoms with E-state index in [1.807, 2.05) is 0 Å². The van der Waals surface area contributed by atoms with Gasteiger partial charge in [0.2, 0.25) is 0 Å². The van der Waals surface area contributed by atoms with E-state index in [1.54, 1.807) is 13.8 Å². The summed E-state index contributed by atoms with van der Waals surface area (Å²) in [5, 5.41) is 36.6. The zero-order valence-electron chi connectivity index (χ0n) is 9.33. The van der Waals surface area contributed by atoms with Gasteiger partial charge in [0.25, 0.3) is 0 Å². The highest BCUT2D eigenvalue weighted by Crippen LogP contribution is 2.09. The molecular weight excluding hydrogens is 200 g/mol. The molecule has 4 atom stereocenters. The van der Waals surface area contributed by atoms with E-state index in [2.05, 4.69) is 0 Å². The summed E-state index contributed by atoms with van der Waals surface area (Å²) in [5.41, 5.74) is 0. The van der Waals surface area contributed by atoms with E-state index >= 15 is 0 Å². The van der Waals surface area contributed by atoms with Crippen LogP contribution in [0.15, 0.2) is 0 Å². The first-order chi connectivity index (χ1) is 6.99. The highest BCUT2D eigenvalue weighted by Gasteiger charge is 2.23. The molecule has 0 radical (unpaired) electrons. The second kappa shape index (κ2) is 8.01. The zero-order chi connectivity index (χ0) is 11.8. The molecule has 0 heterocycles. The molecule has 0 spiro atoms. The van der Waals surface area contributed by atoms with Gasteiger partial charge in [0.05, 0.1) is 24.9 Å². The molecule has 15 heavy (non-hydrogen) atoms. The van der Waals surface area contributed by atoms with E-state index in [4.69, 9.17) is 14.9 Å². The van der Waals surface area contributed by atoms with Crippen LogP contribution in [0.2, 0.25) is 0 Å². The molecule has 0 aromatic rings. The number of aliphatic hydroxyl groups excluding tert-OH is 4. The highest BCUT2D eigenvalue weighted by atomic mass is 16.5. The first-order valence-corrected chi connectivity index (χ1v) is 5.25. The third-order valence-electron chi connectivity index (χ3n) is 2.13. The third-order valence-corrected chi connectivity index (χ3v) is 2.13. The third kappa shape index (κ3) is 6.81. The maximum absolute atomic E-state index is 9.59. The van der Waals surface area contributed by atoms with Gasteiger partial charge in [-0.3, -0.25) is 0 Å². The van der Waals surface area contributed by atoms with E-state index in [-0.39, 0.29) is 13.2 Å². The average molecular weight is 222 g/mol. The summed E-state index contributed by atoms with van der Waals surface area (Å²) in [7, 11) is 0. The second-order valence-corrected chi connectivity index (χ2v) is 3.81. The molecule has 0 saturated carbocycles. The predicted molar refractivity (Wildman–Crippen MR) is 55.4 cm³/mol. The SMILES string of the molecule is CC(O)COC(C)C(O)C(O)CCCO. The zero-order valence-corrected chi connectivity index (χ0v) is 9.33. The normalized spacial score (nSPS) is 19.6. The Morgan fingerprint density at radius 3 is 2.20 bits per heavy atom. The monoisotopic (exact) mass is 222 g/mol. The van der Waals surface area contributed by atoms with Crippen LogP contribution in [0.1, 0.15) is 26.7 Å². The Hall–Kier alpha value is -0.200. The Bertz CT molecular complexity index is 151. The lowest BCUT2D eigenvalue weighted by atomic mass is 10.0. The van der Waals surface area contributed by atoms with E-state index < -0.39 is 24.4 Å². The van der Waals surface area contributed by atoms with Crippen molar-refractivity contribution < 1.29 is 25.2 Å². The molecule has 0 aromatic carbocycles. The predicted octanol–water partition coefficient (Wildman–Crippen LogP) is -0.733. The van der Waals surface area contributed by atoms with Crippen molar-refractivity contribution in [2.45, 2.75) is 51.1 Å². The Balaban J connectivity index is 3.79. The molecule has 5 heteroatoms. The fourth-order valence-corrected chi connectivity index (χ4v) is 1.17. The van der Waals surface area contributed by atoms with Crippen molar-refractivity contribution in [1.29, 1.82) is 0 Å².